The molecule has 1 heterocycles. The van der Waals surface area contributed by atoms with Gasteiger partial charge in [0, 0.05) is 60.4 Å². The van der Waals surface area contributed by atoms with E-state index in [1.807, 2.05) is 72.8 Å². The van der Waals surface area contributed by atoms with Crippen LogP contribution in [0.15, 0.2) is 489 Å². The van der Waals surface area contributed by atoms with Crippen LogP contribution in [-0.2, 0) is 30.2 Å². The second kappa shape index (κ2) is 35.6. The van der Waals surface area contributed by atoms with E-state index in [1.54, 1.807) is 0 Å². The van der Waals surface area contributed by atoms with E-state index >= 15 is 0 Å². The van der Waals surface area contributed by atoms with E-state index in [0.717, 1.165) is 38.9 Å². The number of allylic oxidation sites excluding steroid dienone is 1. The summed E-state index contributed by atoms with van der Waals surface area (Å²) >= 11 is 3.56. The smallest absolute Gasteiger partial charge is 0.167 e. The molecule has 0 radical (unpaired) electrons. The maximum Gasteiger partial charge on any atom is 0.167 e. The highest BCUT2D eigenvalue weighted by Crippen LogP contribution is 2.55. The summed E-state index contributed by atoms with van der Waals surface area (Å²) in [6.07, 6.45) is 1.45. The summed E-state index contributed by atoms with van der Waals surface area (Å²) in [5.74, 6) is 0.168. The van der Waals surface area contributed by atoms with Gasteiger partial charge in [0.15, 0.2) is 5.78 Å². The Morgan fingerprint density at radius 1 is 0.302 bits per heavy atom. The first kappa shape index (κ1) is 85.4. The van der Waals surface area contributed by atoms with E-state index in [9.17, 15) is 4.79 Å². The molecule has 0 saturated heterocycles. The van der Waals surface area contributed by atoms with E-state index in [0.29, 0.717) is 13.0 Å². The molecule has 24 aromatic carbocycles. The monoisotopic (exact) mass is 1840 g/mol. The van der Waals surface area contributed by atoms with E-state index in [-0.39, 0.29) is 16.6 Å². The minimum Gasteiger partial charge on any atom is -0.308 e. The highest BCUT2D eigenvalue weighted by Gasteiger charge is 2.38. The molecule has 660 valence electrons. The number of fused-ring (bicyclic) bond motifs is 10. The average Bonchev–Trinajstić information content (AvgIpc) is 1.54. The highest BCUT2D eigenvalue weighted by atomic mass is 79.9. The second-order valence-corrected chi connectivity index (χ2v) is 39.0. The Hall–Kier alpha value is -16.5. The van der Waals surface area contributed by atoms with Gasteiger partial charge in [-0.15, -0.1) is 0 Å². The van der Waals surface area contributed by atoms with Gasteiger partial charge in [-0.3, -0.25) is 9.79 Å². The summed E-state index contributed by atoms with van der Waals surface area (Å²) in [6, 6.07) is 172. The van der Waals surface area contributed by atoms with Crippen molar-refractivity contribution in [1.29, 1.82) is 0 Å². The zero-order valence-corrected chi connectivity index (χ0v) is 79.5. The van der Waals surface area contributed by atoms with Crippen LogP contribution >= 0.6 is 15.9 Å². The van der Waals surface area contributed by atoms with Crippen molar-refractivity contribution in [2.24, 2.45) is 4.99 Å². The fourth-order valence-corrected chi connectivity index (χ4v) is 23.1. The molecular weight excluding hydrogens is 1750 g/mol. The molecule has 25 aromatic rings. The van der Waals surface area contributed by atoms with Gasteiger partial charge in [-0.1, -0.05) is 486 Å². The Bertz CT molecular complexity index is 8970. The molecule has 1 aromatic heterocycles. The molecule has 0 unspecified atom stereocenters. The zero-order chi connectivity index (χ0) is 93.4. The third-order valence-corrected chi connectivity index (χ3v) is 29.8. The first-order valence-corrected chi connectivity index (χ1v) is 49.1. The first-order chi connectivity index (χ1) is 68.3. The van der Waals surface area contributed by atoms with Gasteiger partial charge < -0.3 is 4.57 Å². The lowest BCUT2D eigenvalue weighted by Crippen LogP contribution is -2.15. The van der Waals surface area contributed by atoms with E-state index in [1.165, 1.54) is 219 Å². The van der Waals surface area contributed by atoms with Crippen molar-refractivity contribution in [3.05, 3.63) is 556 Å². The molecule has 0 aliphatic heterocycles. The highest BCUT2D eigenvalue weighted by molar-refractivity contribution is 9.10. The average molecular weight is 1840 g/mol. The van der Waals surface area contributed by atoms with Gasteiger partial charge in [0.05, 0.1) is 23.5 Å². The molecular formula is C135H97BrN2O. The van der Waals surface area contributed by atoms with Crippen LogP contribution < -0.4 is 0 Å². The first-order valence-electron chi connectivity index (χ1n) is 48.3. The van der Waals surface area contributed by atoms with Crippen LogP contribution in [0, 0.1) is 0 Å². The normalized spacial score (nSPS) is 12.9. The van der Waals surface area contributed by atoms with Gasteiger partial charge in [-0.05, 0) is 235 Å². The topological polar surface area (TPSA) is 34.4 Å². The minimum absolute atomic E-state index is 0.0912. The van der Waals surface area contributed by atoms with Crippen molar-refractivity contribution in [2.75, 3.05) is 0 Å². The zero-order valence-electron chi connectivity index (χ0n) is 77.9. The van der Waals surface area contributed by atoms with E-state index in [4.69, 9.17) is 4.99 Å². The number of carbonyl (C=O) groups excluding carboxylic acids is 1. The Balaban J connectivity index is 0.0000001000. The fraction of sp³-hybridized carbons (Fsp3) is 0.0667. The molecule has 4 heteroatoms. The molecule has 3 aliphatic carbocycles. The Labute approximate surface area is 818 Å². The lowest BCUT2D eigenvalue weighted by molar-refractivity contribution is 0.0993. The number of hydrogen-bond acceptors (Lipinski definition) is 2. The maximum atomic E-state index is 11.8. The Morgan fingerprint density at radius 3 is 1.24 bits per heavy atom. The SMILES string of the molecule is CC1(C)c2ccccc2-c2ccc(-n3c(-c4ccccc4)c(-c4ccccc4)c4cc5ccc6cccc7ccc(c5c67)c43)cc21.CC1(C)c2ccccc2-c2ccc(Br)cc21.O=C(Cc1ccccc1)c1ccccc1.c1ccc(C(=NCc2ccc3ccc4cccc5ccc2c3c45)c2ccccc2)cc1.c1ccc(C2=C(c3ccccc3)c3cc4ccc5cccc6ccc(c3C2)c4c56)cc1. The Kier molecular flexibility index (Phi) is 21.9. The molecule has 0 N–H and O–H groups in total. The third-order valence-electron chi connectivity index (χ3n) is 29.3. The summed E-state index contributed by atoms with van der Waals surface area (Å²) in [5.41, 5.74) is 33.2. The van der Waals surface area contributed by atoms with Crippen molar-refractivity contribution in [3.8, 4) is 50.3 Å². The van der Waals surface area contributed by atoms with Crippen LogP contribution in [-0.4, -0.2) is 16.1 Å². The van der Waals surface area contributed by atoms with Crippen molar-refractivity contribution in [3.63, 3.8) is 0 Å². The predicted octanol–water partition coefficient (Wildman–Crippen LogP) is 35.8. The maximum absolute atomic E-state index is 11.8. The largest absolute Gasteiger partial charge is 0.308 e. The summed E-state index contributed by atoms with van der Waals surface area (Å²) < 4.78 is 3.73. The van der Waals surface area contributed by atoms with Crippen molar-refractivity contribution in [2.45, 2.75) is 57.9 Å². The molecule has 0 bridgehead atoms. The van der Waals surface area contributed by atoms with Gasteiger partial charge in [0.1, 0.15) is 0 Å². The predicted molar refractivity (Wildman–Crippen MR) is 593 cm³/mol. The summed E-state index contributed by atoms with van der Waals surface area (Å²) in [6.45, 7) is 9.98. The summed E-state index contributed by atoms with van der Waals surface area (Å²) in [4.78, 5) is 16.9. The minimum atomic E-state index is -0.0912. The van der Waals surface area contributed by atoms with Crippen molar-refractivity contribution >= 4 is 146 Å². The molecule has 0 fully saturated rings. The lowest BCUT2D eigenvalue weighted by Gasteiger charge is -2.23. The second-order valence-electron chi connectivity index (χ2n) is 38.1. The number of nitrogens with zero attached hydrogens (tertiary/aromatic N) is 2. The molecule has 3 nitrogen and oxygen atoms in total. The summed E-state index contributed by atoms with van der Waals surface area (Å²) in [5, 5.41) is 25.2. The number of rotatable bonds is 12. The van der Waals surface area contributed by atoms with Crippen LogP contribution in [0.25, 0.3) is 169 Å². The van der Waals surface area contributed by atoms with E-state index < -0.39 is 0 Å². The molecule has 3 aliphatic rings. The van der Waals surface area contributed by atoms with Crippen LogP contribution in [0.4, 0.5) is 0 Å². The van der Waals surface area contributed by atoms with Gasteiger partial charge >= 0.3 is 0 Å². The number of ketones is 1. The van der Waals surface area contributed by atoms with Gasteiger partial charge in [-0.25, -0.2) is 0 Å². The van der Waals surface area contributed by atoms with Crippen LogP contribution in [0.5, 0.6) is 0 Å². The number of carbonyl (C=O) groups is 1. The number of Topliss-reactive ketones (excluding diaryl/α,β-unsaturated/α-hetero) is 1. The number of aliphatic imine (C=N–C) groups is 1. The number of benzene rings is 24. The summed E-state index contributed by atoms with van der Waals surface area (Å²) in [7, 11) is 0. The fourth-order valence-electron chi connectivity index (χ4n) is 22.8. The van der Waals surface area contributed by atoms with Crippen molar-refractivity contribution in [1.82, 2.24) is 4.57 Å². The van der Waals surface area contributed by atoms with Gasteiger partial charge in [0.2, 0.25) is 0 Å². The van der Waals surface area contributed by atoms with Crippen LogP contribution in [0.1, 0.15) is 105 Å². The standard InChI is InChI=1S/C45H31N.C31H20.C30H21N.C15H13Br.C14H12O/c1-45(2)38-19-10-9-18-34(38)35-25-23-33(27-39(35)45)46-43(31-14-7-4-8-15-31)42(28-12-5-3-6-13-28)37-26-32-21-20-29-16-11-17-30-22-24-36(44(37)46)41(32)40(29)30;1-3-8-20(9-4-1)26-19-27-25-17-16-23-13-7-12-22-14-15-24(31(25)29(22)23)18-28(27)30(26)21-10-5-2-6-11-21;1-3-8-24(9-4-1)30(25-10-5-2-6-11-25)31-20-26-17-16-23-15-14-21-12-7-13-22-18-19-27(26)29(23)28(21)22;1-15(2)13-6-4-3-5-11(13)12-8-7-10(16)9-14(12)15;15-14(13-9-5-2-6-10-13)11-12-7-3-1-4-8-12/h3-27H,1-2H3;1-18H,19H2;1-19H,20H2;3-9H,1-2H3;1-10H,11H2. The van der Waals surface area contributed by atoms with Gasteiger partial charge in [-0.2, -0.15) is 0 Å². The number of hydrogen-bond donors (Lipinski definition) is 0. The lowest BCUT2D eigenvalue weighted by atomic mass is 9.82. The van der Waals surface area contributed by atoms with E-state index in [2.05, 4.69) is 455 Å². The van der Waals surface area contributed by atoms with Crippen LogP contribution in [0.2, 0.25) is 0 Å². The molecule has 0 atom stereocenters. The number of halogens is 1. The molecule has 0 saturated carbocycles. The van der Waals surface area contributed by atoms with Crippen molar-refractivity contribution < 1.29 is 4.79 Å². The Morgan fingerprint density at radius 2 is 0.698 bits per heavy atom. The van der Waals surface area contributed by atoms with Crippen LogP contribution in [0.3, 0.4) is 0 Å². The molecule has 139 heavy (non-hydrogen) atoms. The van der Waals surface area contributed by atoms with Gasteiger partial charge in [0.25, 0.3) is 0 Å². The molecule has 0 spiro atoms. The molecule has 28 rings (SSSR count). The third kappa shape index (κ3) is 15.2. The number of aromatic nitrogens is 1. The quantitative estimate of drug-likeness (QED) is 0.0682. The molecule has 0 amide bonds.